The lowest BCUT2D eigenvalue weighted by Crippen LogP contribution is -2.28. The molecule has 13 heteroatoms. The van der Waals surface area contributed by atoms with Gasteiger partial charge in [0.15, 0.2) is 0 Å². The molecule has 1 aromatic heterocycles. The molecule has 0 aliphatic carbocycles. The molecule has 0 radical (unpaired) electrons. The second kappa shape index (κ2) is 9.62. The van der Waals surface area contributed by atoms with Gasteiger partial charge < -0.3 is 20.9 Å². The maximum absolute atomic E-state index is 14.0. The highest BCUT2D eigenvalue weighted by Gasteiger charge is 2.41. The van der Waals surface area contributed by atoms with Crippen molar-refractivity contribution in [1.82, 2.24) is 10.3 Å². The first-order valence-electron chi connectivity index (χ1n) is 10.6. The van der Waals surface area contributed by atoms with Gasteiger partial charge in [-0.05, 0) is 47.5 Å². The van der Waals surface area contributed by atoms with Gasteiger partial charge in [-0.15, -0.1) is 0 Å². The van der Waals surface area contributed by atoms with Crippen molar-refractivity contribution in [1.29, 1.82) is 0 Å². The van der Waals surface area contributed by atoms with E-state index in [1.165, 1.54) is 43.6 Å². The minimum absolute atomic E-state index is 0.0788. The fourth-order valence-corrected chi connectivity index (χ4v) is 4.39. The third kappa shape index (κ3) is 5.00. The molecule has 3 amide bonds. The predicted molar refractivity (Wildman–Crippen MR) is 126 cm³/mol. The summed E-state index contributed by atoms with van der Waals surface area (Å²) in [6.07, 6.45) is -4.90. The minimum Gasteiger partial charge on any atom is -0.465 e. The number of pyridine rings is 1. The van der Waals surface area contributed by atoms with Gasteiger partial charge in [-0.2, -0.15) is 13.2 Å². The fourth-order valence-electron chi connectivity index (χ4n) is 4.12. The first-order chi connectivity index (χ1) is 17.4. The van der Waals surface area contributed by atoms with Gasteiger partial charge in [0.1, 0.15) is 17.2 Å². The number of benzene rings is 2. The summed E-state index contributed by atoms with van der Waals surface area (Å²) in [5, 5.41) is 11.8. The van der Waals surface area contributed by atoms with Crippen LogP contribution in [0, 0.1) is 0 Å². The predicted octanol–water partition coefficient (Wildman–Crippen LogP) is 4.63. The number of aromatic nitrogens is 1. The van der Waals surface area contributed by atoms with Crippen molar-refractivity contribution in [3.05, 3.63) is 81.6 Å². The molecule has 2 aromatic carbocycles. The first kappa shape index (κ1) is 25.8. The third-order valence-electron chi connectivity index (χ3n) is 5.77. The number of ether oxygens (including phenoxy) is 1. The third-order valence-corrected chi connectivity index (χ3v) is 6.09. The Kier molecular flexibility index (Phi) is 6.70. The molecule has 0 fully saturated rings. The van der Waals surface area contributed by atoms with Crippen molar-refractivity contribution in [3.8, 4) is 11.5 Å². The molecule has 0 bridgehead atoms. The molecule has 1 unspecified atom stereocenters. The summed E-state index contributed by atoms with van der Waals surface area (Å²) in [6.45, 7) is -0.334. The van der Waals surface area contributed by atoms with Gasteiger partial charge in [0.05, 0.1) is 21.8 Å². The van der Waals surface area contributed by atoms with Gasteiger partial charge in [-0.1, -0.05) is 11.6 Å². The van der Waals surface area contributed by atoms with Crippen molar-refractivity contribution >= 4 is 35.2 Å². The van der Waals surface area contributed by atoms with E-state index in [1.807, 2.05) is 0 Å². The molecule has 192 valence electrons. The number of fused-ring (bicyclic) bond motifs is 1. The lowest BCUT2D eigenvalue weighted by molar-refractivity contribution is -0.138. The molecule has 37 heavy (non-hydrogen) atoms. The number of hydrogen-bond acceptors (Lipinski definition) is 5. The maximum Gasteiger partial charge on any atom is 0.416 e. The van der Waals surface area contributed by atoms with E-state index in [2.05, 4.69) is 10.3 Å². The number of alkyl halides is 3. The van der Waals surface area contributed by atoms with E-state index in [1.54, 1.807) is 0 Å². The number of nitrogens with one attached hydrogen (secondary N) is 1. The van der Waals surface area contributed by atoms with Gasteiger partial charge in [-0.3, -0.25) is 19.5 Å². The Morgan fingerprint density at radius 2 is 1.84 bits per heavy atom. The molecule has 0 spiro atoms. The Morgan fingerprint density at radius 3 is 2.46 bits per heavy atom. The topological polar surface area (TPSA) is 135 Å². The monoisotopic (exact) mass is 534 g/mol. The Labute approximate surface area is 212 Å². The van der Waals surface area contributed by atoms with Crippen LogP contribution in [0.5, 0.6) is 11.5 Å². The molecule has 2 heterocycles. The highest BCUT2D eigenvalue weighted by Crippen LogP contribution is 2.47. The van der Waals surface area contributed by atoms with Crippen LogP contribution in [0.4, 0.5) is 23.7 Å². The van der Waals surface area contributed by atoms with Crippen LogP contribution in [0.1, 0.15) is 43.5 Å². The smallest absolute Gasteiger partial charge is 0.416 e. The number of nitrogens with two attached hydrogens (primary N) is 1. The van der Waals surface area contributed by atoms with Gasteiger partial charge in [0.2, 0.25) is 5.91 Å². The largest absolute Gasteiger partial charge is 0.465 e. The average Bonchev–Trinajstić information content (AvgIpc) is 3.21. The van der Waals surface area contributed by atoms with Crippen LogP contribution in [0.25, 0.3) is 0 Å². The summed E-state index contributed by atoms with van der Waals surface area (Å²) in [5.74, 6) is -2.27. The summed E-state index contributed by atoms with van der Waals surface area (Å²) in [5.41, 5.74) is 3.65. The number of halogens is 4. The Bertz CT molecular complexity index is 1430. The Balaban J connectivity index is 1.82. The zero-order chi connectivity index (χ0) is 27.1. The number of carboxylic acid groups (broad SMARTS) is 1. The quantitative estimate of drug-likeness (QED) is 0.436. The molecule has 1 aliphatic rings. The molecule has 1 aliphatic heterocycles. The van der Waals surface area contributed by atoms with Gasteiger partial charge in [0, 0.05) is 31.8 Å². The molecular formula is C24H18ClF3N4O5. The van der Waals surface area contributed by atoms with Crippen LogP contribution in [0.3, 0.4) is 0 Å². The van der Waals surface area contributed by atoms with Crippen LogP contribution < -0.4 is 20.7 Å². The van der Waals surface area contributed by atoms with E-state index in [0.717, 1.165) is 11.0 Å². The second-order valence-electron chi connectivity index (χ2n) is 8.01. The van der Waals surface area contributed by atoms with Gasteiger partial charge in [-0.25, -0.2) is 4.79 Å². The SMILES string of the molecule is CNC(=O)c1cc(Oc2ccc3c(c2)C(c2cc(Cl)c(C(N)=O)cc2C(F)(F)F)CN3C(=O)O)ccn1. The standard InChI is InChI=1S/C24H18ClF3N4O5/c1-30-22(34)19-7-12(4-5-31-19)37-11-2-3-20-14(6-11)16(10-32(20)23(35)36)13-9-18(25)15(21(29)33)8-17(13)24(26,27)28/h2-9,16H,10H2,1H3,(H2,29,33)(H,30,34)(H,35,36). The van der Waals surface area contributed by atoms with Crippen LogP contribution >= 0.6 is 11.6 Å². The number of nitrogens with zero attached hydrogens (tertiary/aromatic N) is 2. The number of carbonyl (C=O) groups is 3. The lowest BCUT2D eigenvalue weighted by atomic mass is 9.88. The highest BCUT2D eigenvalue weighted by atomic mass is 35.5. The van der Waals surface area contributed by atoms with Crippen molar-refractivity contribution in [3.63, 3.8) is 0 Å². The van der Waals surface area contributed by atoms with Gasteiger partial charge in [0.25, 0.3) is 5.91 Å². The average molecular weight is 535 g/mol. The summed E-state index contributed by atoms with van der Waals surface area (Å²) in [4.78, 5) is 40.2. The van der Waals surface area contributed by atoms with Gasteiger partial charge >= 0.3 is 12.3 Å². The van der Waals surface area contributed by atoms with Crippen LogP contribution in [0.2, 0.25) is 5.02 Å². The van der Waals surface area contributed by atoms with E-state index in [0.29, 0.717) is 6.07 Å². The van der Waals surface area contributed by atoms with Crippen LogP contribution in [-0.2, 0) is 6.18 Å². The highest BCUT2D eigenvalue weighted by molar-refractivity contribution is 6.33. The number of hydrogen-bond donors (Lipinski definition) is 3. The van der Waals surface area contributed by atoms with E-state index in [4.69, 9.17) is 22.1 Å². The number of primary amides is 1. The number of carbonyl (C=O) groups excluding carboxylic acids is 2. The zero-order valence-corrected chi connectivity index (χ0v) is 19.7. The number of amides is 3. The molecule has 0 saturated carbocycles. The number of anilines is 1. The van der Waals surface area contributed by atoms with E-state index < -0.39 is 41.1 Å². The van der Waals surface area contributed by atoms with E-state index >= 15 is 0 Å². The molecule has 0 saturated heterocycles. The normalized spacial score (nSPS) is 14.7. The fraction of sp³-hybridized carbons (Fsp3) is 0.167. The Hall–Kier alpha value is -4.32. The summed E-state index contributed by atoms with van der Waals surface area (Å²) >= 11 is 6.08. The summed E-state index contributed by atoms with van der Waals surface area (Å²) < 4.78 is 47.9. The molecule has 9 nitrogen and oxygen atoms in total. The Morgan fingerprint density at radius 1 is 1.14 bits per heavy atom. The van der Waals surface area contributed by atoms with Crippen molar-refractivity contribution in [2.45, 2.75) is 12.1 Å². The summed E-state index contributed by atoms with van der Waals surface area (Å²) in [7, 11) is 1.43. The minimum atomic E-state index is -4.89. The molecule has 1 atom stereocenters. The first-order valence-corrected chi connectivity index (χ1v) is 11.0. The second-order valence-corrected chi connectivity index (χ2v) is 8.41. The number of rotatable bonds is 5. The molecule has 4 rings (SSSR count). The van der Waals surface area contributed by atoms with Crippen LogP contribution in [0.15, 0.2) is 48.7 Å². The molecular weight excluding hydrogens is 517 g/mol. The zero-order valence-electron chi connectivity index (χ0n) is 19.0. The molecule has 4 N–H and O–H groups in total. The van der Waals surface area contributed by atoms with Crippen molar-refractivity contribution in [2.75, 3.05) is 18.5 Å². The van der Waals surface area contributed by atoms with E-state index in [-0.39, 0.29) is 45.6 Å². The van der Waals surface area contributed by atoms with E-state index in [9.17, 15) is 32.7 Å². The summed E-state index contributed by atoms with van der Waals surface area (Å²) in [6, 6.07) is 8.68. The van der Waals surface area contributed by atoms with Crippen LogP contribution in [-0.4, -0.2) is 41.6 Å². The maximum atomic E-state index is 14.0. The lowest BCUT2D eigenvalue weighted by Gasteiger charge is -2.20. The van der Waals surface area contributed by atoms with Crippen molar-refractivity contribution < 1.29 is 37.4 Å². The molecule has 3 aromatic rings. The van der Waals surface area contributed by atoms with Crippen molar-refractivity contribution in [2.24, 2.45) is 5.73 Å².